The first-order chi connectivity index (χ1) is 17.9. The summed E-state index contributed by atoms with van der Waals surface area (Å²) in [5.41, 5.74) is 2.95. The molecule has 1 unspecified atom stereocenters. The molecule has 8 heteroatoms. The van der Waals surface area contributed by atoms with Gasteiger partial charge in [-0.1, -0.05) is 101 Å². The summed E-state index contributed by atoms with van der Waals surface area (Å²) < 4.78 is 0.929. The van der Waals surface area contributed by atoms with Crippen LogP contribution in [0, 0.1) is 0 Å². The quantitative estimate of drug-likeness (QED) is 0.201. The number of nitrogens with zero attached hydrogens (tertiary/aromatic N) is 1. The average Bonchev–Trinajstić information content (AvgIpc) is 2.89. The van der Waals surface area contributed by atoms with Crippen molar-refractivity contribution < 1.29 is 9.59 Å². The molecule has 0 aliphatic carbocycles. The second-order valence-corrected chi connectivity index (χ2v) is 11.5. The summed E-state index contributed by atoms with van der Waals surface area (Å²) in [4.78, 5) is 28.8. The predicted molar refractivity (Wildman–Crippen MR) is 159 cm³/mol. The number of thioether (sulfide) groups is 1. The Labute approximate surface area is 242 Å². The van der Waals surface area contributed by atoms with E-state index in [0.29, 0.717) is 35.3 Å². The van der Waals surface area contributed by atoms with Gasteiger partial charge in [0.05, 0.1) is 15.8 Å². The molecule has 196 valence electrons. The van der Waals surface area contributed by atoms with Gasteiger partial charge in [-0.3, -0.25) is 9.59 Å². The molecule has 0 aromatic heterocycles. The predicted octanol–water partition coefficient (Wildman–Crippen LogP) is 7.55. The minimum Gasteiger partial charge on any atom is -0.354 e. The molecule has 0 saturated carbocycles. The topological polar surface area (TPSA) is 49.4 Å². The number of hydrogen-bond acceptors (Lipinski definition) is 3. The van der Waals surface area contributed by atoms with Gasteiger partial charge in [0, 0.05) is 29.7 Å². The molecule has 3 rings (SSSR count). The van der Waals surface area contributed by atoms with Crippen molar-refractivity contribution in [2.45, 2.75) is 44.5 Å². The van der Waals surface area contributed by atoms with Crippen LogP contribution in [0.3, 0.4) is 0 Å². The fraction of sp³-hybridized carbons (Fsp3) is 0.310. The molecule has 0 heterocycles. The first kappa shape index (κ1) is 29.6. The number of benzene rings is 3. The number of halogens is 3. The Balaban J connectivity index is 1.83. The molecule has 0 spiro atoms. The van der Waals surface area contributed by atoms with Crippen molar-refractivity contribution in [3.8, 4) is 0 Å². The van der Waals surface area contributed by atoms with Crippen LogP contribution in [-0.4, -0.2) is 35.1 Å². The van der Waals surface area contributed by atoms with Gasteiger partial charge in [-0.25, -0.2) is 0 Å². The number of amides is 2. The van der Waals surface area contributed by atoms with Crippen molar-refractivity contribution in [3.05, 3.63) is 104 Å². The molecule has 0 fully saturated rings. The van der Waals surface area contributed by atoms with Crippen LogP contribution in [-0.2, 0) is 28.3 Å². The molecule has 0 aliphatic heterocycles. The van der Waals surface area contributed by atoms with Gasteiger partial charge in [-0.2, -0.15) is 0 Å². The van der Waals surface area contributed by atoms with E-state index in [4.69, 9.17) is 23.2 Å². The fourth-order valence-electron chi connectivity index (χ4n) is 3.86. The lowest BCUT2D eigenvalue weighted by atomic mass is 10.0. The molecule has 4 nitrogen and oxygen atoms in total. The molecular weight excluding hydrogens is 591 g/mol. The molecular formula is C29H31BrCl2N2O2S. The van der Waals surface area contributed by atoms with Gasteiger partial charge in [0.15, 0.2) is 0 Å². The molecule has 37 heavy (non-hydrogen) atoms. The first-order valence-electron chi connectivity index (χ1n) is 12.2. The second-order valence-electron chi connectivity index (χ2n) is 8.74. The highest BCUT2D eigenvalue weighted by Crippen LogP contribution is 2.25. The molecule has 0 aliphatic rings. The Bertz CT molecular complexity index is 1180. The molecule has 0 saturated heterocycles. The largest absolute Gasteiger partial charge is 0.354 e. The van der Waals surface area contributed by atoms with E-state index in [2.05, 4.69) is 28.2 Å². The molecule has 3 aromatic rings. The van der Waals surface area contributed by atoms with Crippen molar-refractivity contribution in [1.82, 2.24) is 10.2 Å². The lowest BCUT2D eigenvalue weighted by Gasteiger charge is -2.31. The second kappa shape index (κ2) is 15.4. The van der Waals surface area contributed by atoms with E-state index < -0.39 is 6.04 Å². The Morgan fingerprint density at radius 2 is 1.70 bits per heavy atom. The van der Waals surface area contributed by atoms with Gasteiger partial charge in [-0.15, -0.1) is 11.8 Å². The van der Waals surface area contributed by atoms with Gasteiger partial charge in [0.1, 0.15) is 6.04 Å². The number of carbonyl (C=O) groups is 2. The molecule has 1 atom stereocenters. The Hall–Kier alpha value is -1.99. The number of nitrogens with one attached hydrogen (secondary N) is 1. The number of rotatable bonds is 13. The molecule has 1 N–H and O–H groups in total. The fourth-order valence-corrected chi connectivity index (χ4v) is 5.49. The highest BCUT2D eigenvalue weighted by atomic mass is 79.9. The third kappa shape index (κ3) is 9.68. The van der Waals surface area contributed by atoms with E-state index in [0.717, 1.165) is 34.0 Å². The lowest BCUT2D eigenvalue weighted by Crippen LogP contribution is -2.51. The van der Waals surface area contributed by atoms with Crippen LogP contribution in [0.2, 0.25) is 10.0 Å². The summed E-state index contributed by atoms with van der Waals surface area (Å²) in [5, 5.41) is 4.05. The molecule has 0 bridgehead atoms. The smallest absolute Gasteiger partial charge is 0.243 e. The van der Waals surface area contributed by atoms with E-state index in [1.165, 1.54) is 11.8 Å². The van der Waals surface area contributed by atoms with Gasteiger partial charge >= 0.3 is 0 Å². The maximum absolute atomic E-state index is 13.7. The van der Waals surface area contributed by atoms with Crippen LogP contribution in [0.4, 0.5) is 0 Å². The van der Waals surface area contributed by atoms with Crippen LogP contribution in [0.25, 0.3) is 0 Å². The van der Waals surface area contributed by atoms with E-state index in [9.17, 15) is 9.59 Å². The summed E-state index contributed by atoms with van der Waals surface area (Å²) in [5.74, 6) is 0.632. The lowest BCUT2D eigenvalue weighted by molar-refractivity contribution is -0.139. The zero-order chi connectivity index (χ0) is 26.6. The van der Waals surface area contributed by atoms with Crippen LogP contribution in [0.15, 0.2) is 77.3 Å². The highest BCUT2D eigenvalue weighted by molar-refractivity contribution is 9.10. The van der Waals surface area contributed by atoms with E-state index >= 15 is 0 Å². The standard InChI is InChI=1S/C29H31BrCl2N2O2S/c1-2-3-14-33-29(36)27(17-21-8-5-4-6-9-21)34(18-22-10-7-11-24(30)15-22)28(35)20-37-19-23-12-13-25(31)26(32)16-23/h4-13,15-16,27H,2-3,14,17-20H2,1H3,(H,33,36). The van der Waals surface area contributed by atoms with Crippen LogP contribution >= 0.6 is 50.9 Å². The van der Waals surface area contributed by atoms with Crippen molar-refractivity contribution in [3.63, 3.8) is 0 Å². The monoisotopic (exact) mass is 620 g/mol. The van der Waals surface area contributed by atoms with Gasteiger partial charge in [0.2, 0.25) is 11.8 Å². The van der Waals surface area contributed by atoms with Crippen molar-refractivity contribution >= 4 is 62.7 Å². The van der Waals surface area contributed by atoms with Crippen molar-refractivity contribution in [1.29, 1.82) is 0 Å². The molecule has 2 amide bonds. The summed E-state index contributed by atoms with van der Waals surface area (Å²) in [6.07, 6.45) is 2.31. The summed E-state index contributed by atoms with van der Waals surface area (Å²) in [6, 6.07) is 22.5. The minimum absolute atomic E-state index is 0.0865. The van der Waals surface area contributed by atoms with Crippen LogP contribution < -0.4 is 5.32 Å². The Kier molecular flexibility index (Phi) is 12.3. The van der Waals surface area contributed by atoms with E-state index in [1.807, 2.05) is 66.7 Å². The molecule has 3 aromatic carbocycles. The number of carbonyl (C=O) groups excluding carboxylic acids is 2. The van der Waals surface area contributed by atoms with E-state index in [1.54, 1.807) is 11.0 Å². The Morgan fingerprint density at radius 3 is 2.41 bits per heavy atom. The number of unbranched alkanes of at least 4 members (excludes halogenated alkanes) is 1. The van der Waals surface area contributed by atoms with Gasteiger partial charge in [0.25, 0.3) is 0 Å². The molecule has 0 radical (unpaired) electrons. The zero-order valence-corrected chi connectivity index (χ0v) is 24.7. The summed E-state index contributed by atoms with van der Waals surface area (Å²) in [7, 11) is 0. The van der Waals surface area contributed by atoms with Crippen LogP contribution in [0.5, 0.6) is 0 Å². The average molecular weight is 622 g/mol. The maximum Gasteiger partial charge on any atom is 0.243 e. The third-order valence-electron chi connectivity index (χ3n) is 5.82. The maximum atomic E-state index is 13.7. The third-order valence-corrected chi connectivity index (χ3v) is 8.04. The minimum atomic E-state index is -0.628. The van der Waals surface area contributed by atoms with E-state index in [-0.39, 0.29) is 17.6 Å². The van der Waals surface area contributed by atoms with Crippen molar-refractivity contribution in [2.75, 3.05) is 12.3 Å². The van der Waals surface area contributed by atoms with Gasteiger partial charge in [-0.05, 0) is 47.4 Å². The first-order valence-corrected chi connectivity index (χ1v) is 14.9. The summed E-state index contributed by atoms with van der Waals surface area (Å²) in [6.45, 7) is 3.01. The van der Waals surface area contributed by atoms with Gasteiger partial charge < -0.3 is 10.2 Å². The SMILES string of the molecule is CCCCNC(=O)C(Cc1ccccc1)N(Cc1cccc(Br)c1)C(=O)CSCc1ccc(Cl)c(Cl)c1. The highest BCUT2D eigenvalue weighted by Gasteiger charge is 2.30. The van der Waals surface area contributed by atoms with Crippen molar-refractivity contribution in [2.24, 2.45) is 0 Å². The Morgan fingerprint density at radius 1 is 0.946 bits per heavy atom. The van der Waals surface area contributed by atoms with Crippen LogP contribution in [0.1, 0.15) is 36.5 Å². The number of hydrogen-bond donors (Lipinski definition) is 1. The summed E-state index contributed by atoms with van der Waals surface area (Å²) >= 11 is 17.2. The normalized spacial score (nSPS) is 11.7. The zero-order valence-electron chi connectivity index (χ0n) is 20.8.